The molecule has 0 radical (unpaired) electrons. The van der Waals surface area contributed by atoms with Crippen molar-refractivity contribution in [2.45, 2.75) is 127 Å². The van der Waals surface area contributed by atoms with Crippen LogP contribution in [0.15, 0.2) is 0 Å². The molecule has 0 bridgehead atoms. The van der Waals surface area contributed by atoms with Gasteiger partial charge in [-0.3, -0.25) is 39.2 Å². The highest BCUT2D eigenvalue weighted by Crippen LogP contribution is 2.24. The molecule has 2 fully saturated rings. The van der Waals surface area contributed by atoms with Crippen LogP contribution in [-0.2, 0) is 43.1 Å². The SMILES string of the molecule is O=C1CCC(=O)N(O)CCCCCNC(=O)CCC(=O)N(O)CCCCCNC(=O)CCC(=O)N(O[C@H]2O[C@H](C(=O)O)[C@@H](O)[C@H](O)[C@H]2O)CCCCCN1. The first-order valence-corrected chi connectivity index (χ1v) is 18.4. The van der Waals surface area contributed by atoms with Crippen LogP contribution in [0, 0.1) is 0 Å². The van der Waals surface area contributed by atoms with Crippen molar-refractivity contribution in [1.82, 2.24) is 31.1 Å². The standard InChI is InChI=1S/C33H56N6O15/c40-22-10-13-25(43)38(52)20-8-2-5-17-36-24(42)12-15-27(45)39(54-33-30(48)28(46)29(47)31(53-33)32(49)50)21-9-3-6-18-35-23(41)11-14-26(44)37(51)19-7-1-4-16-34-22/h28-31,33,46-48,51-52H,1-21H2,(H,34,40)(H,35,41)(H,36,42)(H,49,50)/t28-,29-,30+,31-,33+/m0/s1. The number of aliphatic hydroxyl groups is 3. The Bertz CT molecular complexity index is 1240. The van der Waals surface area contributed by atoms with Crippen LogP contribution in [0.2, 0.25) is 0 Å². The molecule has 9 N–H and O–H groups in total. The summed E-state index contributed by atoms with van der Waals surface area (Å²) in [6, 6.07) is 0. The minimum absolute atomic E-state index is 0.0263. The molecule has 0 aromatic rings. The summed E-state index contributed by atoms with van der Waals surface area (Å²) in [5, 5.41) is 69.8. The molecule has 0 aromatic heterocycles. The molecule has 21 heteroatoms. The topological polar surface area (TPSA) is 305 Å². The van der Waals surface area contributed by atoms with Crippen molar-refractivity contribution in [2.75, 3.05) is 39.3 Å². The van der Waals surface area contributed by atoms with Crippen LogP contribution in [0.25, 0.3) is 0 Å². The van der Waals surface area contributed by atoms with E-state index in [1.165, 1.54) is 0 Å². The zero-order valence-electron chi connectivity index (χ0n) is 30.4. The van der Waals surface area contributed by atoms with Gasteiger partial charge in [-0.1, -0.05) is 0 Å². The fraction of sp³-hybridized carbons (Fsp3) is 0.788. The lowest BCUT2D eigenvalue weighted by Gasteiger charge is -2.39. The number of hydroxylamine groups is 6. The predicted octanol–water partition coefficient (Wildman–Crippen LogP) is -1.71. The number of hydrogen-bond donors (Lipinski definition) is 9. The molecule has 2 aliphatic rings. The summed E-state index contributed by atoms with van der Waals surface area (Å²) in [5.74, 6) is -4.86. The monoisotopic (exact) mass is 776 g/mol. The smallest absolute Gasteiger partial charge is 0.335 e. The van der Waals surface area contributed by atoms with E-state index in [4.69, 9.17) is 9.57 Å². The molecule has 0 aliphatic carbocycles. The molecular formula is C33H56N6O15. The quantitative estimate of drug-likeness (QED) is 0.144. The summed E-state index contributed by atoms with van der Waals surface area (Å²) < 4.78 is 5.14. The zero-order valence-corrected chi connectivity index (χ0v) is 30.4. The fourth-order valence-electron chi connectivity index (χ4n) is 5.43. The number of aliphatic carboxylic acids is 1. The van der Waals surface area contributed by atoms with Gasteiger partial charge < -0.3 is 41.1 Å². The largest absolute Gasteiger partial charge is 0.479 e. The van der Waals surface area contributed by atoms with Gasteiger partial charge in [-0.25, -0.2) is 24.8 Å². The van der Waals surface area contributed by atoms with Crippen LogP contribution >= 0.6 is 0 Å². The lowest BCUT2D eigenvalue weighted by atomic mass is 9.99. The summed E-state index contributed by atoms with van der Waals surface area (Å²) in [6.07, 6.45) is -6.79. The molecule has 5 atom stereocenters. The van der Waals surface area contributed by atoms with E-state index in [2.05, 4.69) is 16.0 Å². The number of aliphatic hydroxyl groups excluding tert-OH is 3. The van der Waals surface area contributed by atoms with Gasteiger partial charge in [0.15, 0.2) is 6.10 Å². The Labute approximate surface area is 312 Å². The maximum Gasteiger partial charge on any atom is 0.335 e. The Morgan fingerprint density at radius 2 is 0.963 bits per heavy atom. The minimum atomic E-state index is -1.98. The third-order valence-electron chi connectivity index (χ3n) is 8.69. The molecule has 308 valence electrons. The van der Waals surface area contributed by atoms with E-state index in [1.807, 2.05) is 0 Å². The van der Waals surface area contributed by atoms with Crippen molar-refractivity contribution in [2.24, 2.45) is 0 Å². The molecule has 2 saturated heterocycles. The summed E-state index contributed by atoms with van der Waals surface area (Å²) in [5.41, 5.74) is 0. The Balaban J connectivity index is 1.99. The number of nitrogens with one attached hydrogen (secondary N) is 3. The summed E-state index contributed by atoms with van der Waals surface area (Å²) in [6.45, 7) is 0.759. The van der Waals surface area contributed by atoms with Gasteiger partial charge in [-0.2, -0.15) is 0 Å². The van der Waals surface area contributed by atoms with Crippen molar-refractivity contribution >= 4 is 41.4 Å². The van der Waals surface area contributed by atoms with Crippen LogP contribution in [0.3, 0.4) is 0 Å². The lowest BCUT2D eigenvalue weighted by molar-refractivity contribution is -0.347. The van der Waals surface area contributed by atoms with Crippen LogP contribution < -0.4 is 16.0 Å². The highest BCUT2D eigenvalue weighted by Gasteiger charge is 2.48. The van der Waals surface area contributed by atoms with E-state index in [-0.39, 0.29) is 83.6 Å². The van der Waals surface area contributed by atoms with E-state index in [1.54, 1.807) is 0 Å². The highest BCUT2D eigenvalue weighted by molar-refractivity contribution is 5.84. The first-order chi connectivity index (χ1) is 25.7. The molecule has 0 saturated carbocycles. The number of carbonyl (C=O) groups excluding carboxylic acids is 6. The molecule has 2 aliphatic heterocycles. The van der Waals surface area contributed by atoms with E-state index in [9.17, 15) is 64.4 Å². The predicted molar refractivity (Wildman–Crippen MR) is 182 cm³/mol. The molecule has 2 rings (SSSR count). The first-order valence-electron chi connectivity index (χ1n) is 18.4. The summed E-state index contributed by atoms with van der Waals surface area (Å²) in [7, 11) is 0. The third kappa shape index (κ3) is 17.4. The van der Waals surface area contributed by atoms with E-state index in [0.29, 0.717) is 68.0 Å². The van der Waals surface area contributed by atoms with Gasteiger partial charge in [-0.15, -0.1) is 0 Å². The third-order valence-corrected chi connectivity index (χ3v) is 8.69. The summed E-state index contributed by atoms with van der Waals surface area (Å²) in [4.78, 5) is 91.3. The number of hydrogen-bond acceptors (Lipinski definition) is 14. The lowest BCUT2D eigenvalue weighted by Crippen LogP contribution is -2.61. The number of ether oxygens (including phenoxy) is 1. The minimum Gasteiger partial charge on any atom is -0.479 e. The second-order valence-electron chi connectivity index (χ2n) is 13.1. The van der Waals surface area contributed by atoms with Gasteiger partial charge in [0.25, 0.3) is 0 Å². The molecule has 54 heavy (non-hydrogen) atoms. The second-order valence-corrected chi connectivity index (χ2v) is 13.1. The fourth-order valence-corrected chi connectivity index (χ4v) is 5.43. The molecule has 0 aromatic carbocycles. The van der Waals surface area contributed by atoms with Crippen LogP contribution in [0.4, 0.5) is 0 Å². The Morgan fingerprint density at radius 1 is 0.556 bits per heavy atom. The number of rotatable bonds is 3. The molecule has 0 unspecified atom stereocenters. The maximum absolute atomic E-state index is 13.1. The molecular weight excluding hydrogens is 720 g/mol. The van der Waals surface area contributed by atoms with Gasteiger partial charge in [0.2, 0.25) is 41.7 Å². The summed E-state index contributed by atoms with van der Waals surface area (Å²) >= 11 is 0. The Morgan fingerprint density at radius 3 is 1.39 bits per heavy atom. The Kier molecular flexibility index (Phi) is 21.5. The molecule has 2 heterocycles. The highest BCUT2D eigenvalue weighted by atomic mass is 16.8. The number of amides is 6. The normalized spacial score (nSPS) is 27.8. The van der Waals surface area contributed by atoms with E-state index < -0.39 is 66.2 Å². The van der Waals surface area contributed by atoms with Gasteiger partial charge in [-0.05, 0) is 57.8 Å². The van der Waals surface area contributed by atoms with E-state index >= 15 is 0 Å². The van der Waals surface area contributed by atoms with E-state index in [0.717, 1.165) is 5.06 Å². The van der Waals surface area contributed by atoms with Crippen molar-refractivity contribution in [1.29, 1.82) is 0 Å². The van der Waals surface area contributed by atoms with Crippen LogP contribution in [0.1, 0.15) is 96.3 Å². The van der Waals surface area contributed by atoms with Crippen molar-refractivity contribution in [3.8, 4) is 0 Å². The number of carboxylic acid groups (broad SMARTS) is 1. The second kappa shape index (κ2) is 25.2. The van der Waals surface area contributed by atoms with Gasteiger partial charge in [0.1, 0.15) is 18.3 Å². The van der Waals surface area contributed by atoms with Gasteiger partial charge in [0.05, 0.1) is 0 Å². The van der Waals surface area contributed by atoms with Crippen LogP contribution in [-0.4, -0.2) is 157 Å². The van der Waals surface area contributed by atoms with Crippen molar-refractivity contribution in [3.63, 3.8) is 0 Å². The van der Waals surface area contributed by atoms with Gasteiger partial charge in [0, 0.05) is 77.8 Å². The first kappa shape index (κ1) is 46.2. The number of nitrogens with zero attached hydrogens (tertiary/aromatic N) is 3. The zero-order chi connectivity index (χ0) is 40.0. The average Bonchev–Trinajstić information content (AvgIpc) is 3.14. The number of carboxylic acids is 1. The van der Waals surface area contributed by atoms with Crippen LogP contribution in [0.5, 0.6) is 0 Å². The molecule has 6 amide bonds. The van der Waals surface area contributed by atoms with Crippen molar-refractivity contribution in [3.05, 3.63) is 0 Å². The van der Waals surface area contributed by atoms with Gasteiger partial charge >= 0.3 is 5.97 Å². The number of carbonyl (C=O) groups is 7. The molecule has 21 nitrogen and oxygen atoms in total. The molecule has 0 spiro atoms. The maximum atomic E-state index is 13.1. The Hall–Kier alpha value is -3.99. The van der Waals surface area contributed by atoms with Crippen molar-refractivity contribution < 1.29 is 74.0 Å². The average molecular weight is 777 g/mol.